The number of nitrogens with zero attached hydrogens (tertiary/aromatic N) is 1. The molecule has 0 amide bonds. The van der Waals surface area contributed by atoms with Crippen LogP contribution in [0.3, 0.4) is 0 Å². The second-order valence-corrected chi connectivity index (χ2v) is 14.0. The zero-order chi connectivity index (χ0) is 31.4. The van der Waals surface area contributed by atoms with Crippen molar-refractivity contribution in [1.82, 2.24) is 0 Å². The Bertz CT molecular complexity index is 2560. The number of hydrogen-bond donors (Lipinski definition) is 0. The molecule has 226 valence electrons. The van der Waals surface area contributed by atoms with Crippen molar-refractivity contribution in [2.24, 2.45) is 0 Å². The molecule has 1 heteroatoms. The summed E-state index contributed by atoms with van der Waals surface area (Å²) < 4.78 is 0. The lowest BCUT2D eigenvalue weighted by molar-refractivity contribution is 0.545. The van der Waals surface area contributed by atoms with E-state index in [4.69, 9.17) is 0 Å². The largest absolute Gasteiger partial charge is 0.309 e. The van der Waals surface area contributed by atoms with Gasteiger partial charge < -0.3 is 4.90 Å². The normalized spacial score (nSPS) is 18.8. The summed E-state index contributed by atoms with van der Waals surface area (Å²) in [6, 6.07) is 59.1. The third kappa shape index (κ3) is 3.41. The van der Waals surface area contributed by atoms with E-state index < -0.39 is 0 Å². The van der Waals surface area contributed by atoms with Crippen molar-refractivity contribution in [2.75, 3.05) is 4.90 Å². The molecular formula is C47H33N. The van der Waals surface area contributed by atoms with Crippen molar-refractivity contribution in [3.8, 4) is 22.3 Å². The summed E-state index contributed by atoms with van der Waals surface area (Å²) in [6.07, 6.45) is 3.65. The summed E-state index contributed by atoms with van der Waals surface area (Å²) in [5.41, 5.74) is 13.9. The Labute approximate surface area is 280 Å². The minimum absolute atomic E-state index is 0.0239. The minimum atomic E-state index is 0.0239. The number of benzene rings is 8. The standard InChI is InChI=1S/C47H33N/c1-3-12-30(13-4-1)32-22-24-41-40(28-32)47-27-26-33(29-47)44-34(31-14-5-2-6-15-31)23-25-43(46(44)47)48(41)42-21-11-20-39-37-17-8-7-16-35(37)36-18-9-10-19-38(36)45(39)42/h1-25,28,33H,26-27,29H2. The molecule has 3 aliphatic rings. The summed E-state index contributed by atoms with van der Waals surface area (Å²) in [5.74, 6) is 0.570. The topological polar surface area (TPSA) is 3.24 Å². The van der Waals surface area contributed by atoms with Gasteiger partial charge in [0, 0.05) is 10.8 Å². The second-order valence-electron chi connectivity index (χ2n) is 14.0. The van der Waals surface area contributed by atoms with E-state index >= 15 is 0 Å². The average molecular weight is 612 g/mol. The van der Waals surface area contributed by atoms with Gasteiger partial charge in [0.05, 0.1) is 17.1 Å². The maximum atomic E-state index is 2.63. The first kappa shape index (κ1) is 26.4. The van der Waals surface area contributed by atoms with Crippen LogP contribution < -0.4 is 4.90 Å². The molecule has 1 heterocycles. The van der Waals surface area contributed by atoms with Crippen molar-refractivity contribution >= 4 is 49.4 Å². The highest BCUT2D eigenvalue weighted by molar-refractivity contribution is 6.29. The summed E-state index contributed by atoms with van der Waals surface area (Å²) in [5, 5.41) is 7.88. The average Bonchev–Trinajstić information content (AvgIpc) is 3.75. The molecule has 0 radical (unpaired) electrons. The fourth-order valence-corrected chi connectivity index (χ4v) is 9.93. The van der Waals surface area contributed by atoms with E-state index in [-0.39, 0.29) is 5.41 Å². The maximum absolute atomic E-state index is 2.63. The first-order chi connectivity index (χ1) is 23.8. The lowest BCUT2D eigenvalue weighted by Crippen LogP contribution is -2.33. The van der Waals surface area contributed by atoms with Crippen molar-refractivity contribution < 1.29 is 0 Å². The number of anilines is 3. The van der Waals surface area contributed by atoms with Crippen LogP contribution in [0, 0.1) is 0 Å². The van der Waals surface area contributed by atoms with Gasteiger partial charge in [-0.1, -0.05) is 133 Å². The monoisotopic (exact) mass is 611 g/mol. The summed E-state index contributed by atoms with van der Waals surface area (Å²) in [7, 11) is 0. The Kier molecular flexibility index (Phi) is 5.33. The highest BCUT2D eigenvalue weighted by atomic mass is 15.2. The third-order valence-corrected chi connectivity index (χ3v) is 11.8. The van der Waals surface area contributed by atoms with Gasteiger partial charge in [-0.25, -0.2) is 0 Å². The van der Waals surface area contributed by atoms with Crippen LogP contribution in [0.4, 0.5) is 17.1 Å². The summed E-state index contributed by atoms with van der Waals surface area (Å²) in [6.45, 7) is 0. The molecule has 1 saturated carbocycles. The molecule has 11 rings (SSSR count). The van der Waals surface area contributed by atoms with Crippen LogP contribution in [0.5, 0.6) is 0 Å². The van der Waals surface area contributed by atoms with Crippen LogP contribution in [0.1, 0.15) is 41.9 Å². The van der Waals surface area contributed by atoms with E-state index in [1.807, 2.05) is 0 Å². The van der Waals surface area contributed by atoms with E-state index in [0.717, 1.165) is 0 Å². The fourth-order valence-electron chi connectivity index (χ4n) is 9.93. The van der Waals surface area contributed by atoms with E-state index in [1.165, 1.54) is 96.5 Å². The predicted molar refractivity (Wildman–Crippen MR) is 202 cm³/mol. The van der Waals surface area contributed by atoms with Crippen molar-refractivity contribution in [3.05, 3.63) is 174 Å². The van der Waals surface area contributed by atoms with Gasteiger partial charge in [0.1, 0.15) is 0 Å². The SMILES string of the molecule is c1ccc(-c2ccc3c(c2)C24CCC(C2)c2c(-c5ccccc5)ccc(c24)N3c2cccc3c4ccccc4c4ccccc4c23)cc1. The molecule has 0 aromatic heterocycles. The Hall–Kier alpha value is -5.66. The molecule has 2 atom stereocenters. The first-order valence-electron chi connectivity index (χ1n) is 17.4. The van der Waals surface area contributed by atoms with E-state index in [1.54, 1.807) is 11.1 Å². The smallest absolute Gasteiger partial charge is 0.0546 e. The highest BCUT2D eigenvalue weighted by Gasteiger charge is 2.56. The van der Waals surface area contributed by atoms with E-state index in [9.17, 15) is 0 Å². The number of hydrogen-bond acceptors (Lipinski definition) is 1. The van der Waals surface area contributed by atoms with Gasteiger partial charge in [-0.05, 0) is 115 Å². The maximum Gasteiger partial charge on any atom is 0.0546 e. The minimum Gasteiger partial charge on any atom is -0.309 e. The number of rotatable bonds is 3. The van der Waals surface area contributed by atoms with Crippen molar-refractivity contribution in [2.45, 2.75) is 30.6 Å². The molecule has 1 fully saturated rings. The van der Waals surface area contributed by atoms with Gasteiger partial charge in [0.15, 0.2) is 0 Å². The van der Waals surface area contributed by atoms with E-state index in [0.29, 0.717) is 5.92 Å². The van der Waals surface area contributed by atoms with Crippen LogP contribution in [0.25, 0.3) is 54.6 Å². The summed E-state index contributed by atoms with van der Waals surface area (Å²) in [4.78, 5) is 2.63. The van der Waals surface area contributed by atoms with Gasteiger partial charge in [0.25, 0.3) is 0 Å². The molecule has 1 aliphatic heterocycles. The molecular weight excluding hydrogens is 579 g/mol. The highest BCUT2D eigenvalue weighted by Crippen LogP contribution is 2.69. The van der Waals surface area contributed by atoms with Crippen LogP contribution in [0.15, 0.2) is 158 Å². The summed E-state index contributed by atoms with van der Waals surface area (Å²) >= 11 is 0. The van der Waals surface area contributed by atoms with E-state index in [2.05, 4.69) is 163 Å². The zero-order valence-electron chi connectivity index (χ0n) is 26.7. The Morgan fingerprint density at radius 3 is 1.81 bits per heavy atom. The third-order valence-electron chi connectivity index (χ3n) is 11.8. The molecule has 8 aromatic rings. The Morgan fingerprint density at radius 2 is 1.08 bits per heavy atom. The lowest BCUT2D eigenvalue weighted by Gasteiger charge is -2.44. The molecule has 2 unspecified atom stereocenters. The molecule has 2 aliphatic carbocycles. The predicted octanol–water partition coefficient (Wildman–Crippen LogP) is 12.8. The van der Waals surface area contributed by atoms with Crippen LogP contribution in [0.2, 0.25) is 0 Å². The quantitative estimate of drug-likeness (QED) is 0.180. The van der Waals surface area contributed by atoms with Crippen molar-refractivity contribution in [3.63, 3.8) is 0 Å². The van der Waals surface area contributed by atoms with Crippen LogP contribution in [-0.2, 0) is 5.41 Å². The Balaban J connectivity index is 1.27. The van der Waals surface area contributed by atoms with Gasteiger partial charge in [0.2, 0.25) is 0 Å². The molecule has 8 aromatic carbocycles. The van der Waals surface area contributed by atoms with Crippen molar-refractivity contribution in [1.29, 1.82) is 0 Å². The van der Waals surface area contributed by atoms with Gasteiger partial charge in [-0.3, -0.25) is 0 Å². The van der Waals surface area contributed by atoms with Gasteiger partial charge in [-0.15, -0.1) is 0 Å². The van der Waals surface area contributed by atoms with Crippen LogP contribution >= 0.6 is 0 Å². The zero-order valence-corrected chi connectivity index (χ0v) is 26.7. The second kappa shape index (κ2) is 9.69. The Morgan fingerprint density at radius 1 is 0.479 bits per heavy atom. The van der Waals surface area contributed by atoms with Gasteiger partial charge in [-0.2, -0.15) is 0 Å². The van der Waals surface area contributed by atoms with Gasteiger partial charge >= 0.3 is 0 Å². The first-order valence-corrected chi connectivity index (χ1v) is 17.4. The molecule has 0 saturated heterocycles. The molecule has 0 N–H and O–H groups in total. The van der Waals surface area contributed by atoms with Crippen LogP contribution in [-0.4, -0.2) is 0 Å². The molecule has 1 spiro atoms. The molecule has 48 heavy (non-hydrogen) atoms. The molecule has 1 nitrogen and oxygen atoms in total. The fraction of sp³-hybridized carbons (Fsp3) is 0.106. The molecule has 2 bridgehead atoms. The number of fused-ring (bicyclic) bond motifs is 9. The lowest BCUT2D eigenvalue weighted by atomic mass is 9.68.